The summed E-state index contributed by atoms with van der Waals surface area (Å²) in [6, 6.07) is 6.10. The summed E-state index contributed by atoms with van der Waals surface area (Å²) >= 11 is 0. The molecule has 3 atom stereocenters. The zero-order valence-corrected chi connectivity index (χ0v) is 18.3. The van der Waals surface area contributed by atoms with E-state index in [1.165, 1.54) is 19.2 Å². The number of amides is 1. The van der Waals surface area contributed by atoms with Crippen LogP contribution in [0.4, 0.5) is 18.9 Å². The van der Waals surface area contributed by atoms with Crippen LogP contribution in [0, 0.1) is 36.7 Å². The van der Waals surface area contributed by atoms with Gasteiger partial charge >= 0.3 is 0 Å². The molecule has 3 N–H and O–H groups in total. The lowest BCUT2D eigenvalue weighted by atomic mass is 9.76. The van der Waals surface area contributed by atoms with Gasteiger partial charge in [-0.1, -0.05) is 6.92 Å². The van der Waals surface area contributed by atoms with Gasteiger partial charge in [0.05, 0.1) is 17.4 Å². The average Bonchev–Trinajstić information content (AvgIpc) is 2.74. The highest BCUT2D eigenvalue weighted by molar-refractivity contribution is 6.03. The van der Waals surface area contributed by atoms with Crippen LogP contribution in [0.15, 0.2) is 42.7 Å². The van der Waals surface area contributed by atoms with E-state index in [1.807, 2.05) is 6.07 Å². The van der Waals surface area contributed by atoms with E-state index in [4.69, 9.17) is 5.73 Å². The summed E-state index contributed by atoms with van der Waals surface area (Å²) in [5, 5.41) is 2.77. The van der Waals surface area contributed by atoms with Crippen molar-refractivity contribution >= 4 is 11.6 Å². The van der Waals surface area contributed by atoms with E-state index in [0.717, 1.165) is 36.6 Å². The summed E-state index contributed by atoms with van der Waals surface area (Å²) in [6.07, 6.45) is 6.92. The largest absolute Gasteiger partial charge is 0.327 e. The molecule has 1 aliphatic carbocycles. The third kappa shape index (κ3) is 4.90. The zero-order chi connectivity index (χ0) is 23.7. The quantitative estimate of drug-likeness (QED) is 0.571. The number of nitrogens with one attached hydrogen (secondary N) is 1. The Morgan fingerprint density at radius 1 is 1.09 bits per heavy atom. The fourth-order valence-corrected chi connectivity index (χ4v) is 4.43. The van der Waals surface area contributed by atoms with Gasteiger partial charge in [-0.05, 0) is 79.5 Å². The standard InChI is InChI=1S/C25H24F3N4O/c1-13-7-15(11-16(29)8-13)17-5-6-30-12-22(17)32-25(33)21-4-3-18(26)24(31-21)23-19(27)9-14(2)10-20(23)28/h3-6,8-10,12-13,15-16H,7,11,29H2,1-2H3,(H,32,33)/t13-,15-,16-/m0/s1. The summed E-state index contributed by atoms with van der Waals surface area (Å²) in [5.41, 5.74) is 6.53. The zero-order valence-electron chi connectivity index (χ0n) is 18.3. The third-order valence-corrected chi connectivity index (χ3v) is 5.83. The smallest absolute Gasteiger partial charge is 0.274 e. The van der Waals surface area contributed by atoms with Crippen LogP contribution in [0.1, 0.15) is 47.3 Å². The predicted octanol–water partition coefficient (Wildman–Crippen LogP) is 5.17. The summed E-state index contributed by atoms with van der Waals surface area (Å²) < 4.78 is 43.3. The number of carbonyl (C=O) groups excluding carboxylic acids is 1. The molecule has 1 amide bonds. The van der Waals surface area contributed by atoms with E-state index < -0.39 is 34.6 Å². The minimum Gasteiger partial charge on any atom is -0.327 e. The van der Waals surface area contributed by atoms with Crippen LogP contribution in [0.25, 0.3) is 11.3 Å². The molecule has 5 nitrogen and oxygen atoms in total. The van der Waals surface area contributed by atoms with Crippen molar-refractivity contribution in [2.75, 3.05) is 5.32 Å². The topological polar surface area (TPSA) is 80.9 Å². The number of benzene rings is 1. The highest BCUT2D eigenvalue weighted by Gasteiger charge is 2.28. The molecule has 1 saturated carbocycles. The minimum absolute atomic E-state index is 0.0453. The number of aryl methyl sites for hydroxylation is 1. The Hall–Kier alpha value is -3.26. The number of nitrogens with two attached hydrogens (primary N) is 1. The number of hydrogen-bond donors (Lipinski definition) is 2. The van der Waals surface area contributed by atoms with Crippen LogP contribution in [0.3, 0.4) is 0 Å². The third-order valence-electron chi connectivity index (χ3n) is 5.83. The van der Waals surface area contributed by atoms with Gasteiger partial charge in [0.15, 0.2) is 0 Å². The Bertz CT molecular complexity index is 1170. The lowest BCUT2D eigenvalue weighted by Gasteiger charge is -2.32. The number of pyridine rings is 2. The van der Waals surface area contributed by atoms with Gasteiger partial charge in [0.1, 0.15) is 28.8 Å². The van der Waals surface area contributed by atoms with Crippen molar-refractivity contribution < 1.29 is 18.0 Å². The monoisotopic (exact) mass is 453 g/mol. The highest BCUT2D eigenvalue weighted by atomic mass is 19.1. The van der Waals surface area contributed by atoms with E-state index in [1.54, 1.807) is 6.20 Å². The van der Waals surface area contributed by atoms with Crippen molar-refractivity contribution in [3.05, 3.63) is 83.4 Å². The molecule has 2 heterocycles. The Morgan fingerprint density at radius 2 is 1.82 bits per heavy atom. The molecule has 3 aromatic rings. The maximum atomic E-state index is 14.4. The Morgan fingerprint density at radius 3 is 2.52 bits per heavy atom. The van der Waals surface area contributed by atoms with E-state index in [-0.39, 0.29) is 17.7 Å². The summed E-state index contributed by atoms with van der Waals surface area (Å²) in [5.74, 6) is -3.02. The molecule has 0 unspecified atom stereocenters. The van der Waals surface area contributed by atoms with Crippen molar-refractivity contribution in [2.24, 2.45) is 11.7 Å². The fraction of sp³-hybridized carbons (Fsp3) is 0.280. The van der Waals surface area contributed by atoms with Gasteiger partial charge in [-0.25, -0.2) is 18.2 Å². The first kappa shape index (κ1) is 22.9. The van der Waals surface area contributed by atoms with Gasteiger partial charge in [0.25, 0.3) is 5.91 Å². The molecule has 4 rings (SSSR count). The van der Waals surface area contributed by atoms with Crippen LogP contribution >= 0.6 is 0 Å². The lowest BCUT2D eigenvalue weighted by Crippen LogP contribution is -2.32. The molecule has 1 aromatic carbocycles. The average molecular weight is 453 g/mol. The van der Waals surface area contributed by atoms with Gasteiger partial charge in [-0.2, -0.15) is 0 Å². The van der Waals surface area contributed by atoms with Gasteiger partial charge in [0.2, 0.25) is 0 Å². The number of rotatable bonds is 4. The molecule has 0 bridgehead atoms. The number of halogens is 3. The normalized spacial score (nSPS) is 20.5. The van der Waals surface area contributed by atoms with Gasteiger partial charge < -0.3 is 11.1 Å². The molecule has 33 heavy (non-hydrogen) atoms. The summed E-state index contributed by atoms with van der Waals surface area (Å²) in [7, 11) is 0. The number of anilines is 1. The van der Waals surface area contributed by atoms with Crippen LogP contribution in [0.2, 0.25) is 0 Å². The molecular formula is C25H24F3N4O. The van der Waals surface area contributed by atoms with Crippen LogP contribution in [-0.2, 0) is 0 Å². The first-order valence-corrected chi connectivity index (χ1v) is 10.7. The number of hydrogen-bond acceptors (Lipinski definition) is 4. The molecule has 0 saturated heterocycles. The minimum atomic E-state index is -0.953. The van der Waals surface area contributed by atoms with Crippen molar-refractivity contribution in [2.45, 2.75) is 38.6 Å². The van der Waals surface area contributed by atoms with Gasteiger partial charge in [0, 0.05) is 12.2 Å². The number of aromatic nitrogens is 2. The molecular weight excluding hydrogens is 429 g/mol. The van der Waals surface area contributed by atoms with Gasteiger partial charge in [-0.3, -0.25) is 9.78 Å². The molecule has 171 valence electrons. The Labute approximate surface area is 190 Å². The maximum absolute atomic E-state index is 14.4. The van der Waals surface area contributed by atoms with Crippen molar-refractivity contribution in [1.29, 1.82) is 0 Å². The summed E-state index contributed by atoms with van der Waals surface area (Å²) in [6.45, 7) is 3.62. The maximum Gasteiger partial charge on any atom is 0.274 e. The van der Waals surface area contributed by atoms with E-state index in [0.29, 0.717) is 17.2 Å². The first-order valence-electron chi connectivity index (χ1n) is 10.7. The van der Waals surface area contributed by atoms with Crippen molar-refractivity contribution in [3.63, 3.8) is 0 Å². The molecule has 8 heteroatoms. The predicted molar refractivity (Wildman–Crippen MR) is 120 cm³/mol. The van der Waals surface area contributed by atoms with Crippen LogP contribution in [-0.4, -0.2) is 21.9 Å². The highest BCUT2D eigenvalue weighted by Crippen LogP contribution is 2.38. The number of carbonyl (C=O) groups is 1. The van der Waals surface area contributed by atoms with Crippen LogP contribution in [0.5, 0.6) is 0 Å². The van der Waals surface area contributed by atoms with E-state index >= 15 is 0 Å². The molecule has 1 radical (unpaired) electrons. The second kappa shape index (κ2) is 9.31. The summed E-state index contributed by atoms with van der Waals surface area (Å²) in [4.78, 5) is 21.0. The molecule has 1 aliphatic rings. The second-order valence-corrected chi connectivity index (χ2v) is 8.55. The van der Waals surface area contributed by atoms with Gasteiger partial charge in [-0.15, -0.1) is 0 Å². The van der Waals surface area contributed by atoms with Crippen LogP contribution < -0.4 is 11.1 Å². The lowest BCUT2D eigenvalue weighted by molar-refractivity contribution is 0.102. The Kier molecular flexibility index (Phi) is 6.47. The Balaban J connectivity index is 1.64. The molecule has 1 fully saturated rings. The first-order chi connectivity index (χ1) is 15.7. The molecule has 0 aliphatic heterocycles. The fourth-order valence-electron chi connectivity index (χ4n) is 4.43. The second-order valence-electron chi connectivity index (χ2n) is 8.55. The molecule has 2 aromatic heterocycles. The van der Waals surface area contributed by atoms with E-state index in [9.17, 15) is 18.0 Å². The van der Waals surface area contributed by atoms with Crippen molar-refractivity contribution in [3.8, 4) is 11.3 Å². The molecule has 0 spiro atoms. The van der Waals surface area contributed by atoms with Crippen molar-refractivity contribution in [1.82, 2.24) is 9.97 Å². The SMILES string of the molecule is Cc1cc(F)c(-c2nc(C(=O)Nc3cnccc3[C@H]3C[C@H](C)[CH][C@H](N)C3)ccc2F)c(F)c1. The number of nitrogens with zero attached hydrogens (tertiary/aromatic N) is 2. The van der Waals surface area contributed by atoms with E-state index in [2.05, 4.69) is 28.6 Å².